The molecule has 0 aliphatic carbocycles. The molecule has 1 aliphatic rings. The van der Waals surface area contributed by atoms with Crippen LogP contribution in [-0.4, -0.2) is 51.9 Å². The molecule has 1 amide bonds. The molecule has 2 N–H and O–H groups in total. The Morgan fingerprint density at radius 2 is 1.90 bits per heavy atom. The highest BCUT2D eigenvalue weighted by Crippen LogP contribution is 2.38. The van der Waals surface area contributed by atoms with Crippen LogP contribution in [-0.2, 0) is 4.79 Å². The summed E-state index contributed by atoms with van der Waals surface area (Å²) in [4.78, 5) is 29.0. The lowest BCUT2D eigenvalue weighted by Crippen LogP contribution is -2.48. The number of nitrogens with two attached hydrogens (primary N) is 1. The number of aryl methyl sites for hydroxylation is 1. The summed E-state index contributed by atoms with van der Waals surface area (Å²) in [5.74, 6) is 1.09. The van der Waals surface area contributed by atoms with Gasteiger partial charge < -0.3 is 15.5 Å². The lowest BCUT2D eigenvalue weighted by atomic mass is 10.1. The van der Waals surface area contributed by atoms with Gasteiger partial charge in [-0.15, -0.1) is 0 Å². The second kappa shape index (κ2) is 8.08. The van der Waals surface area contributed by atoms with Gasteiger partial charge in [0, 0.05) is 37.1 Å². The number of nitrogen functional groups attached to an aromatic ring is 1. The summed E-state index contributed by atoms with van der Waals surface area (Å²) in [6.07, 6.45) is 2.87. The lowest BCUT2D eigenvalue weighted by Gasteiger charge is -2.35. The zero-order chi connectivity index (χ0) is 21.4. The minimum atomic E-state index is -0.0586. The third kappa shape index (κ3) is 3.66. The van der Waals surface area contributed by atoms with Crippen LogP contribution in [0.5, 0.6) is 0 Å². The minimum absolute atomic E-state index is 0.0586. The number of nitrogens with zero attached hydrogens (tertiary/aromatic N) is 5. The summed E-state index contributed by atoms with van der Waals surface area (Å²) in [5, 5.41) is 1.81. The van der Waals surface area contributed by atoms with Gasteiger partial charge in [0.15, 0.2) is 0 Å². The van der Waals surface area contributed by atoms with Gasteiger partial charge in [0.05, 0.1) is 21.3 Å². The summed E-state index contributed by atoms with van der Waals surface area (Å²) in [7, 11) is 0. The molecule has 7 nitrogen and oxygen atoms in total. The molecule has 0 bridgehead atoms. The standard InChI is InChI=1S/C21H20Cl2N6O/c1-3-18(30)28-4-6-29(7-5-28)21-14-9-15(22)13(10-16(14)25-11-26-21)20-19(23)12(2)8-17(24)27-20/h3,8-11H,1,4-7H2,2H3,(H2,24,27). The van der Waals surface area contributed by atoms with Crippen molar-refractivity contribution in [2.24, 2.45) is 0 Å². The molecule has 1 aliphatic heterocycles. The number of amides is 1. The number of piperazine rings is 1. The summed E-state index contributed by atoms with van der Waals surface area (Å²) >= 11 is 13.1. The predicted octanol–water partition coefficient (Wildman–Crippen LogP) is 3.72. The molecule has 0 unspecified atom stereocenters. The van der Waals surface area contributed by atoms with Gasteiger partial charge in [-0.1, -0.05) is 29.8 Å². The van der Waals surface area contributed by atoms with E-state index >= 15 is 0 Å². The fraction of sp³-hybridized carbons (Fsp3) is 0.238. The lowest BCUT2D eigenvalue weighted by molar-refractivity contribution is -0.126. The van der Waals surface area contributed by atoms with Crippen LogP contribution in [0.2, 0.25) is 10.0 Å². The van der Waals surface area contributed by atoms with E-state index in [1.807, 2.05) is 19.1 Å². The van der Waals surface area contributed by atoms with E-state index in [2.05, 4.69) is 26.4 Å². The van der Waals surface area contributed by atoms with Crippen LogP contribution in [0.25, 0.3) is 22.2 Å². The molecule has 1 aromatic carbocycles. The maximum absolute atomic E-state index is 11.8. The summed E-state index contributed by atoms with van der Waals surface area (Å²) in [5.41, 5.74) is 8.65. The zero-order valence-corrected chi connectivity index (χ0v) is 17.9. The van der Waals surface area contributed by atoms with Crippen molar-refractivity contribution in [3.63, 3.8) is 0 Å². The topological polar surface area (TPSA) is 88.2 Å². The monoisotopic (exact) mass is 442 g/mol. The summed E-state index contributed by atoms with van der Waals surface area (Å²) < 4.78 is 0. The van der Waals surface area contributed by atoms with E-state index in [1.54, 1.807) is 11.0 Å². The maximum Gasteiger partial charge on any atom is 0.246 e. The number of rotatable bonds is 3. The molecule has 30 heavy (non-hydrogen) atoms. The molecule has 3 aromatic rings. The van der Waals surface area contributed by atoms with Crippen molar-refractivity contribution in [2.45, 2.75) is 6.92 Å². The first kappa shape index (κ1) is 20.4. The molecular weight excluding hydrogens is 423 g/mol. The van der Waals surface area contributed by atoms with E-state index in [4.69, 9.17) is 28.9 Å². The maximum atomic E-state index is 11.8. The van der Waals surface area contributed by atoms with Gasteiger partial charge in [-0.3, -0.25) is 4.79 Å². The Hall–Kier alpha value is -2.90. The first-order valence-electron chi connectivity index (χ1n) is 9.42. The SMILES string of the molecule is C=CC(=O)N1CCN(c2ncnc3cc(-c4nc(N)cc(C)c4Cl)c(Cl)cc23)CC1. The van der Waals surface area contributed by atoms with E-state index in [1.165, 1.54) is 12.4 Å². The van der Waals surface area contributed by atoms with Gasteiger partial charge in [0.1, 0.15) is 18.0 Å². The fourth-order valence-corrected chi connectivity index (χ4v) is 4.08. The highest BCUT2D eigenvalue weighted by Gasteiger charge is 2.23. The van der Waals surface area contributed by atoms with E-state index in [-0.39, 0.29) is 5.91 Å². The smallest absolute Gasteiger partial charge is 0.246 e. The minimum Gasteiger partial charge on any atom is -0.384 e. The summed E-state index contributed by atoms with van der Waals surface area (Å²) in [6, 6.07) is 5.41. The van der Waals surface area contributed by atoms with Crippen molar-refractivity contribution < 1.29 is 4.79 Å². The quantitative estimate of drug-likeness (QED) is 0.621. The zero-order valence-electron chi connectivity index (χ0n) is 16.4. The molecule has 2 aromatic heterocycles. The number of halogens is 2. The van der Waals surface area contributed by atoms with Crippen molar-refractivity contribution in [2.75, 3.05) is 36.8 Å². The van der Waals surface area contributed by atoms with Crippen LogP contribution in [0.15, 0.2) is 37.2 Å². The molecule has 0 saturated carbocycles. The number of anilines is 2. The van der Waals surface area contributed by atoms with E-state index < -0.39 is 0 Å². The number of carbonyl (C=O) groups is 1. The Morgan fingerprint density at radius 1 is 1.17 bits per heavy atom. The summed E-state index contributed by atoms with van der Waals surface area (Å²) in [6.45, 7) is 7.94. The number of fused-ring (bicyclic) bond motifs is 1. The molecule has 1 saturated heterocycles. The van der Waals surface area contributed by atoms with Crippen molar-refractivity contribution in [3.8, 4) is 11.3 Å². The molecule has 4 rings (SSSR count). The van der Waals surface area contributed by atoms with E-state index in [9.17, 15) is 4.79 Å². The molecule has 1 fully saturated rings. The molecule has 154 valence electrons. The van der Waals surface area contributed by atoms with Gasteiger partial charge in [0.25, 0.3) is 0 Å². The second-order valence-electron chi connectivity index (χ2n) is 7.09. The van der Waals surface area contributed by atoms with E-state index in [0.717, 1.165) is 22.3 Å². The van der Waals surface area contributed by atoms with Gasteiger partial charge in [-0.2, -0.15) is 0 Å². The number of benzene rings is 1. The van der Waals surface area contributed by atoms with Crippen molar-refractivity contribution in [1.29, 1.82) is 0 Å². The third-order valence-electron chi connectivity index (χ3n) is 5.18. The first-order chi connectivity index (χ1) is 14.4. The average Bonchev–Trinajstić information content (AvgIpc) is 2.75. The van der Waals surface area contributed by atoms with E-state index in [0.29, 0.717) is 53.3 Å². The number of pyridine rings is 1. The average molecular weight is 443 g/mol. The Kier molecular flexibility index (Phi) is 5.49. The predicted molar refractivity (Wildman–Crippen MR) is 121 cm³/mol. The Balaban J connectivity index is 1.73. The van der Waals surface area contributed by atoms with Crippen molar-refractivity contribution in [3.05, 3.63) is 52.8 Å². The Labute approximate surface area is 184 Å². The van der Waals surface area contributed by atoms with Gasteiger partial charge in [-0.05, 0) is 36.8 Å². The molecule has 0 radical (unpaired) electrons. The van der Waals surface area contributed by atoms with Crippen LogP contribution >= 0.6 is 23.2 Å². The highest BCUT2D eigenvalue weighted by atomic mass is 35.5. The Morgan fingerprint density at radius 3 is 2.60 bits per heavy atom. The molecular formula is C21H20Cl2N6O. The van der Waals surface area contributed by atoms with Crippen LogP contribution in [0.3, 0.4) is 0 Å². The second-order valence-corrected chi connectivity index (χ2v) is 7.87. The third-order valence-corrected chi connectivity index (χ3v) is 5.97. The van der Waals surface area contributed by atoms with Crippen molar-refractivity contribution in [1.82, 2.24) is 19.9 Å². The highest BCUT2D eigenvalue weighted by molar-refractivity contribution is 6.37. The number of hydrogen-bond acceptors (Lipinski definition) is 6. The normalized spacial score (nSPS) is 14.2. The van der Waals surface area contributed by atoms with Crippen LogP contribution in [0.1, 0.15) is 5.56 Å². The Bertz CT molecular complexity index is 1160. The fourth-order valence-electron chi connectivity index (χ4n) is 3.63. The molecule has 9 heteroatoms. The van der Waals surface area contributed by atoms with Crippen LogP contribution in [0.4, 0.5) is 11.6 Å². The largest absolute Gasteiger partial charge is 0.384 e. The van der Waals surface area contributed by atoms with Gasteiger partial charge in [0.2, 0.25) is 5.91 Å². The number of carbonyl (C=O) groups excluding carboxylic acids is 1. The van der Waals surface area contributed by atoms with Gasteiger partial charge in [-0.25, -0.2) is 15.0 Å². The molecule has 3 heterocycles. The van der Waals surface area contributed by atoms with Crippen LogP contribution in [0, 0.1) is 6.92 Å². The van der Waals surface area contributed by atoms with Crippen LogP contribution < -0.4 is 10.6 Å². The number of hydrogen-bond donors (Lipinski definition) is 1. The number of aromatic nitrogens is 3. The van der Waals surface area contributed by atoms with Gasteiger partial charge >= 0.3 is 0 Å². The first-order valence-corrected chi connectivity index (χ1v) is 10.2. The molecule has 0 atom stereocenters. The molecule has 0 spiro atoms. The van der Waals surface area contributed by atoms with Crippen molar-refractivity contribution >= 4 is 51.6 Å².